The Balaban J connectivity index is 1.41. The van der Waals surface area contributed by atoms with E-state index in [1.807, 2.05) is 36.4 Å². The van der Waals surface area contributed by atoms with Crippen molar-refractivity contribution < 1.29 is 5.11 Å². The van der Waals surface area contributed by atoms with E-state index in [2.05, 4.69) is 48.9 Å². The van der Waals surface area contributed by atoms with Crippen molar-refractivity contribution >= 4 is 11.6 Å². The molecule has 1 aliphatic rings. The van der Waals surface area contributed by atoms with E-state index in [1.165, 1.54) is 5.56 Å². The first kappa shape index (κ1) is 21.7. The zero-order chi connectivity index (χ0) is 22.2. The average molecular weight is 434 g/mol. The van der Waals surface area contributed by atoms with E-state index in [0.717, 1.165) is 63.2 Å². The number of hydrogen-bond acceptors (Lipinski definition) is 5. The van der Waals surface area contributed by atoms with Crippen LogP contribution >= 0.6 is 0 Å². The van der Waals surface area contributed by atoms with Crippen LogP contribution < -0.4 is 10.2 Å². The van der Waals surface area contributed by atoms with Crippen LogP contribution in [-0.4, -0.2) is 63.5 Å². The molecule has 32 heavy (non-hydrogen) atoms. The van der Waals surface area contributed by atoms with E-state index in [0.29, 0.717) is 12.3 Å². The second-order valence-corrected chi connectivity index (χ2v) is 7.81. The molecule has 2 aromatic carbocycles. The van der Waals surface area contributed by atoms with E-state index in [9.17, 15) is 5.11 Å². The van der Waals surface area contributed by atoms with E-state index >= 15 is 0 Å². The minimum atomic E-state index is 0.331. The summed E-state index contributed by atoms with van der Waals surface area (Å²) in [5.41, 5.74) is 2.08. The lowest BCUT2D eigenvalue weighted by molar-refractivity contribution is 0.368. The molecule has 0 spiro atoms. The molecule has 0 amide bonds. The average Bonchev–Trinajstić information content (AvgIpc) is 3.30. The standard InChI is InChI=1S/C24H31N7O/c1-2-23-28-27-19-31(23)13-12-25-24(26-18-20-8-4-3-5-9-20)30-16-14-29(15-17-30)21-10-6-7-11-22(21)32/h3-11,19,32H,2,12-18H2,1H3,(H,25,26). The second kappa shape index (κ2) is 10.7. The van der Waals surface area contributed by atoms with E-state index in [-0.39, 0.29) is 0 Å². The molecule has 168 valence electrons. The number of nitrogens with zero attached hydrogens (tertiary/aromatic N) is 6. The molecule has 1 saturated heterocycles. The molecule has 4 rings (SSSR count). The van der Waals surface area contributed by atoms with Crippen molar-refractivity contribution in [3.8, 4) is 5.75 Å². The number of piperazine rings is 1. The van der Waals surface area contributed by atoms with Crippen molar-refractivity contribution in [3.63, 3.8) is 0 Å². The van der Waals surface area contributed by atoms with Crippen molar-refractivity contribution in [2.24, 2.45) is 4.99 Å². The van der Waals surface area contributed by atoms with Gasteiger partial charge in [0.2, 0.25) is 0 Å². The second-order valence-electron chi connectivity index (χ2n) is 7.81. The normalized spacial score (nSPS) is 14.6. The molecule has 0 unspecified atom stereocenters. The van der Waals surface area contributed by atoms with Gasteiger partial charge in [-0.05, 0) is 17.7 Å². The van der Waals surface area contributed by atoms with Gasteiger partial charge in [-0.15, -0.1) is 10.2 Å². The Labute approximate surface area is 189 Å². The van der Waals surface area contributed by atoms with Crippen LogP contribution in [0.4, 0.5) is 5.69 Å². The molecule has 2 N–H and O–H groups in total. The van der Waals surface area contributed by atoms with Gasteiger partial charge in [-0.2, -0.15) is 0 Å². The molecule has 1 fully saturated rings. The van der Waals surface area contributed by atoms with Crippen LogP contribution in [0.15, 0.2) is 65.9 Å². The number of para-hydroxylation sites is 2. The maximum Gasteiger partial charge on any atom is 0.194 e. The highest BCUT2D eigenvalue weighted by Gasteiger charge is 2.21. The maximum absolute atomic E-state index is 10.2. The summed E-state index contributed by atoms with van der Waals surface area (Å²) in [6, 6.07) is 17.8. The minimum Gasteiger partial charge on any atom is -0.506 e. The predicted octanol–water partition coefficient (Wildman–Crippen LogP) is 2.51. The van der Waals surface area contributed by atoms with Gasteiger partial charge < -0.3 is 24.8 Å². The summed E-state index contributed by atoms with van der Waals surface area (Å²) in [5.74, 6) is 2.24. The van der Waals surface area contributed by atoms with Crippen molar-refractivity contribution in [1.29, 1.82) is 0 Å². The molecule has 3 aromatic rings. The Bertz CT molecular complexity index is 1010. The van der Waals surface area contributed by atoms with E-state index in [1.54, 1.807) is 12.4 Å². The first-order valence-corrected chi connectivity index (χ1v) is 11.2. The van der Waals surface area contributed by atoms with Crippen LogP contribution in [0.2, 0.25) is 0 Å². The molecule has 0 radical (unpaired) electrons. The molecule has 8 heteroatoms. The number of aliphatic imine (C=N–C) groups is 1. The molecule has 0 saturated carbocycles. The number of rotatable bonds is 7. The fourth-order valence-electron chi connectivity index (χ4n) is 3.94. The van der Waals surface area contributed by atoms with Crippen LogP contribution in [0.1, 0.15) is 18.3 Å². The number of hydrogen-bond donors (Lipinski definition) is 2. The highest BCUT2D eigenvalue weighted by atomic mass is 16.3. The fourth-order valence-corrected chi connectivity index (χ4v) is 3.94. The van der Waals surface area contributed by atoms with Crippen molar-refractivity contribution in [3.05, 3.63) is 72.3 Å². The molecule has 0 bridgehead atoms. The number of anilines is 1. The summed E-state index contributed by atoms with van der Waals surface area (Å²) in [5, 5.41) is 21.9. The van der Waals surface area contributed by atoms with Gasteiger partial charge in [0.25, 0.3) is 0 Å². The van der Waals surface area contributed by atoms with Crippen LogP contribution in [-0.2, 0) is 19.5 Å². The molecular weight excluding hydrogens is 402 g/mol. The topological polar surface area (TPSA) is 81.8 Å². The lowest BCUT2D eigenvalue weighted by Gasteiger charge is -2.38. The summed E-state index contributed by atoms with van der Waals surface area (Å²) >= 11 is 0. The quantitative estimate of drug-likeness (QED) is 0.440. The van der Waals surface area contributed by atoms with Crippen LogP contribution in [0.3, 0.4) is 0 Å². The summed E-state index contributed by atoms with van der Waals surface area (Å²) in [7, 11) is 0. The summed E-state index contributed by atoms with van der Waals surface area (Å²) in [4.78, 5) is 9.44. The zero-order valence-corrected chi connectivity index (χ0v) is 18.6. The zero-order valence-electron chi connectivity index (χ0n) is 18.6. The number of nitrogens with one attached hydrogen (secondary N) is 1. The highest BCUT2D eigenvalue weighted by Crippen LogP contribution is 2.27. The van der Waals surface area contributed by atoms with Gasteiger partial charge in [0.1, 0.15) is 17.9 Å². The van der Waals surface area contributed by atoms with Gasteiger partial charge in [0.05, 0.1) is 12.2 Å². The van der Waals surface area contributed by atoms with E-state index in [4.69, 9.17) is 4.99 Å². The Morgan fingerprint density at radius 1 is 1.03 bits per heavy atom. The van der Waals surface area contributed by atoms with Crippen molar-refractivity contribution in [2.45, 2.75) is 26.4 Å². The number of benzene rings is 2. The Kier molecular flexibility index (Phi) is 7.22. The number of aryl methyl sites for hydroxylation is 1. The third-order valence-electron chi connectivity index (χ3n) is 5.70. The first-order chi connectivity index (χ1) is 15.7. The summed E-state index contributed by atoms with van der Waals surface area (Å²) in [6.07, 6.45) is 2.65. The number of phenolic OH excluding ortho intramolecular Hbond substituents is 1. The first-order valence-electron chi connectivity index (χ1n) is 11.2. The summed E-state index contributed by atoms with van der Waals surface area (Å²) < 4.78 is 2.08. The van der Waals surface area contributed by atoms with Gasteiger partial charge in [-0.1, -0.05) is 49.4 Å². The molecule has 8 nitrogen and oxygen atoms in total. The molecule has 2 heterocycles. The van der Waals surface area contributed by atoms with Gasteiger partial charge >= 0.3 is 0 Å². The van der Waals surface area contributed by atoms with Gasteiger partial charge in [0, 0.05) is 45.7 Å². The van der Waals surface area contributed by atoms with Gasteiger partial charge in [-0.3, -0.25) is 0 Å². The number of aromatic nitrogens is 3. The number of guanidine groups is 1. The van der Waals surface area contributed by atoms with Gasteiger partial charge in [0.15, 0.2) is 5.96 Å². The number of aromatic hydroxyl groups is 1. The maximum atomic E-state index is 10.2. The third-order valence-corrected chi connectivity index (χ3v) is 5.70. The van der Waals surface area contributed by atoms with Crippen LogP contribution in [0.25, 0.3) is 0 Å². The van der Waals surface area contributed by atoms with Crippen molar-refractivity contribution in [2.75, 3.05) is 37.6 Å². The molecule has 0 aliphatic carbocycles. The number of phenols is 1. The smallest absolute Gasteiger partial charge is 0.194 e. The Morgan fingerprint density at radius 3 is 2.53 bits per heavy atom. The molecule has 1 aliphatic heterocycles. The molecule has 0 atom stereocenters. The Hall–Kier alpha value is -3.55. The molecule has 1 aromatic heterocycles. The minimum absolute atomic E-state index is 0.331. The Morgan fingerprint density at radius 2 is 1.78 bits per heavy atom. The van der Waals surface area contributed by atoms with Crippen molar-refractivity contribution in [1.82, 2.24) is 25.0 Å². The monoisotopic (exact) mass is 433 g/mol. The van der Waals surface area contributed by atoms with Gasteiger partial charge in [-0.25, -0.2) is 4.99 Å². The van der Waals surface area contributed by atoms with Crippen LogP contribution in [0.5, 0.6) is 5.75 Å². The lowest BCUT2D eigenvalue weighted by atomic mass is 10.2. The van der Waals surface area contributed by atoms with E-state index < -0.39 is 0 Å². The summed E-state index contributed by atoms with van der Waals surface area (Å²) in [6.45, 7) is 7.59. The lowest BCUT2D eigenvalue weighted by Crippen LogP contribution is -2.53. The third kappa shape index (κ3) is 5.38. The van der Waals surface area contributed by atoms with Crippen LogP contribution in [0, 0.1) is 0 Å². The largest absolute Gasteiger partial charge is 0.506 e. The fraction of sp³-hybridized carbons (Fsp3) is 0.375. The highest BCUT2D eigenvalue weighted by molar-refractivity contribution is 5.80. The predicted molar refractivity (Wildman–Crippen MR) is 127 cm³/mol. The SMILES string of the molecule is CCc1nncn1CCNC(=NCc1ccccc1)N1CCN(c2ccccc2O)CC1. The molecular formula is C24H31N7O.